The topological polar surface area (TPSA) is 267 Å². The van der Waals surface area contributed by atoms with Crippen LogP contribution in [0.1, 0.15) is 118 Å². The van der Waals surface area contributed by atoms with Gasteiger partial charge in [-0.2, -0.15) is 0 Å². The quantitative estimate of drug-likeness (QED) is 0.117. The summed E-state index contributed by atoms with van der Waals surface area (Å²) in [6.07, 6.45) is -5.83. The Morgan fingerprint density at radius 3 is 2.19 bits per heavy atom. The van der Waals surface area contributed by atoms with E-state index in [1.54, 1.807) is 60.7 Å². The molecule has 0 aliphatic carbocycles. The van der Waals surface area contributed by atoms with E-state index in [1.165, 1.54) is 38.1 Å². The van der Waals surface area contributed by atoms with Gasteiger partial charge in [0.15, 0.2) is 27.4 Å². The number of sulfone groups is 1. The molecule has 21 nitrogen and oxygen atoms in total. The van der Waals surface area contributed by atoms with E-state index in [2.05, 4.69) is 15.3 Å². The van der Waals surface area contributed by atoms with Crippen LogP contribution in [0, 0.1) is 17.8 Å². The van der Waals surface area contributed by atoms with Crippen molar-refractivity contribution in [1.29, 1.82) is 0 Å². The number of likely N-dealkylation sites (N-methyl/N-ethyl adjacent to an activating group) is 2. The minimum atomic E-state index is -3.46. The third kappa shape index (κ3) is 15.0. The summed E-state index contributed by atoms with van der Waals surface area (Å²) < 4.78 is 84.5. The van der Waals surface area contributed by atoms with Crippen LogP contribution in [-0.4, -0.2) is 214 Å². The number of hydrogen-bond acceptors (Lipinski definition) is 20. The van der Waals surface area contributed by atoms with Crippen molar-refractivity contribution in [1.82, 2.24) is 29.8 Å². The van der Waals surface area contributed by atoms with E-state index in [9.17, 15) is 38.7 Å². The number of ether oxygens (including phenoxy) is 7. The zero-order valence-corrected chi connectivity index (χ0v) is 50.2. The highest BCUT2D eigenvalue weighted by atomic mass is 32.2. The molecule has 3 aliphatic heterocycles. The van der Waals surface area contributed by atoms with Gasteiger partial charge in [-0.05, 0) is 111 Å². The predicted octanol–water partition coefficient (Wildman–Crippen LogP) is 4.47. The van der Waals surface area contributed by atoms with Gasteiger partial charge in [0.1, 0.15) is 48.8 Å². The molecule has 0 saturated carbocycles. The zero-order valence-electron chi connectivity index (χ0n) is 49.4. The lowest BCUT2D eigenvalue weighted by molar-refractivity contribution is -0.318. The fourth-order valence-electron chi connectivity index (χ4n) is 12.1. The smallest absolute Gasteiger partial charge is 0.311 e. The molecule has 23 heteroatoms. The molecule has 0 amide bonds. The lowest BCUT2D eigenvalue weighted by Gasteiger charge is -2.49. The van der Waals surface area contributed by atoms with Crippen molar-refractivity contribution in [2.75, 3.05) is 54.3 Å². The molecule has 3 saturated heterocycles. The van der Waals surface area contributed by atoms with Crippen LogP contribution in [0.15, 0.2) is 53.8 Å². The average Bonchev–Trinajstić information content (AvgIpc) is 3.92. The monoisotopic (exact) mass is 1150 g/mol. The predicted molar refractivity (Wildman–Crippen MR) is 294 cm³/mol. The number of alkyl halides is 1. The van der Waals surface area contributed by atoms with Crippen molar-refractivity contribution in [2.45, 2.75) is 209 Å². The van der Waals surface area contributed by atoms with Crippen LogP contribution in [0.3, 0.4) is 0 Å². The molecular formula is C57H91FN6O15S. The maximum absolute atomic E-state index is 15.0. The molecule has 0 spiro atoms. The number of carbonyl (C=O) groups is 1. The number of aliphatic hydroxyl groups is 5. The Labute approximate surface area is 472 Å². The van der Waals surface area contributed by atoms with E-state index in [1.807, 2.05) is 62.0 Å². The van der Waals surface area contributed by atoms with Crippen molar-refractivity contribution < 1.29 is 76.3 Å². The zero-order chi connectivity index (χ0) is 59.4. The number of nitrogens with zero attached hydrogens (tertiary/aromatic N) is 6. The molecule has 3 fully saturated rings. The molecule has 3 aromatic rings. The number of aromatic nitrogens is 4. The number of carbonyl (C=O) groups excluding carboxylic acids is 1. The van der Waals surface area contributed by atoms with E-state index in [0.29, 0.717) is 42.8 Å². The molecule has 3 aliphatic rings. The highest BCUT2D eigenvalue weighted by Gasteiger charge is 2.53. The van der Waals surface area contributed by atoms with Crippen molar-refractivity contribution in [3.8, 4) is 11.1 Å². The van der Waals surface area contributed by atoms with Gasteiger partial charge in [-0.15, -0.1) is 5.10 Å². The summed E-state index contributed by atoms with van der Waals surface area (Å²) in [4.78, 5) is 22.5. The van der Waals surface area contributed by atoms with Gasteiger partial charge in [0.25, 0.3) is 0 Å². The minimum Gasteiger partial charge on any atom is -0.459 e. The Morgan fingerprint density at radius 2 is 1.60 bits per heavy atom. The fourth-order valence-corrected chi connectivity index (χ4v) is 12.7. The Morgan fingerprint density at radius 1 is 0.938 bits per heavy atom. The van der Waals surface area contributed by atoms with E-state index >= 15 is 4.39 Å². The second-order valence-corrected chi connectivity index (χ2v) is 25.7. The molecule has 0 radical (unpaired) electrons. The number of rotatable bonds is 17. The largest absolute Gasteiger partial charge is 0.459 e. The highest BCUT2D eigenvalue weighted by molar-refractivity contribution is 7.90. The van der Waals surface area contributed by atoms with Gasteiger partial charge < -0.3 is 68.5 Å². The van der Waals surface area contributed by atoms with Crippen LogP contribution >= 0.6 is 0 Å². The standard InChI is InChI=1S/C57H91FN6O15S/c1-16-44-57(10,70)50(66)36(6)63(12)30-32(2)26-55(8,69)52(34(4)48(35(5)53(68)77-44)78-46-27-56(9,74-14)51(67)37(7)76-46)79-54-47(65)42(25-33(3)75-54)62(11)24-23-41-31-64(61-60-41)43(28-58)49(73-13)39-19-17-38(18-20-39)40-21-22-45(59-29-40)80(15,71)72/h17-22,29,31-37,42-44,46-52,54,65-67,69-70H,16,23-28,30H2,1-15H3/t32-,33-,34+,35-,36-,37+,42+,43+,44-,46+,47-,48+,49-,50-,51+,52-,54+,55-,56-,57-/m1/s1. The molecule has 0 unspecified atom stereocenters. The Balaban J connectivity index is 1.24. The summed E-state index contributed by atoms with van der Waals surface area (Å²) >= 11 is 0. The van der Waals surface area contributed by atoms with Crippen molar-refractivity contribution in [3.05, 3.63) is 60.0 Å². The summed E-state index contributed by atoms with van der Waals surface area (Å²) in [6, 6.07) is 8.41. The second-order valence-electron chi connectivity index (χ2n) is 23.8. The number of halogens is 1. The molecule has 5 N–H and O–H groups in total. The highest BCUT2D eigenvalue weighted by Crippen LogP contribution is 2.41. The third-order valence-electron chi connectivity index (χ3n) is 17.2. The van der Waals surface area contributed by atoms with Gasteiger partial charge in [-0.1, -0.05) is 50.3 Å². The summed E-state index contributed by atoms with van der Waals surface area (Å²) in [5, 5.41) is 68.6. The maximum Gasteiger partial charge on any atom is 0.311 e. The Bertz CT molecular complexity index is 2560. The summed E-state index contributed by atoms with van der Waals surface area (Å²) in [6.45, 7) is 17.3. The number of esters is 1. The van der Waals surface area contributed by atoms with Gasteiger partial charge in [0.05, 0.1) is 47.2 Å². The van der Waals surface area contributed by atoms with Gasteiger partial charge in [-0.25, -0.2) is 22.5 Å². The first kappa shape index (κ1) is 65.5. The number of pyridine rings is 1. The first-order valence-electron chi connectivity index (χ1n) is 27.9. The lowest BCUT2D eigenvalue weighted by Crippen LogP contribution is -2.61. The number of hydrogen-bond donors (Lipinski definition) is 5. The van der Waals surface area contributed by atoms with Crippen molar-refractivity contribution in [2.24, 2.45) is 17.8 Å². The van der Waals surface area contributed by atoms with Crippen LogP contribution < -0.4 is 0 Å². The number of aliphatic hydroxyl groups excluding tert-OH is 3. The molecule has 20 atom stereocenters. The van der Waals surface area contributed by atoms with E-state index in [-0.39, 0.29) is 30.2 Å². The van der Waals surface area contributed by atoms with E-state index in [4.69, 9.17) is 33.2 Å². The van der Waals surface area contributed by atoms with Gasteiger partial charge >= 0.3 is 5.97 Å². The first-order chi connectivity index (χ1) is 37.4. The van der Waals surface area contributed by atoms with E-state index < -0.39 is 137 Å². The number of methoxy groups -OCH3 is 2. The second kappa shape index (κ2) is 26.9. The Kier molecular flexibility index (Phi) is 22.0. The lowest BCUT2D eigenvalue weighted by atomic mass is 9.77. The molecule has 2 aromatic heterocycles. The van der Waals surface area contributed by atoms with Gasteiger partial charge in [0.2, 0.25) is 0 Å². The molecule has 80 heavy (non-hydrogen) atoms. The first-order valence-corrected chi connectivity index (χ1v) is 29.8. The molecule has 6 rings (SSSR count). The SMILES string of the molecule is CC[C@H]1OC(=O)[C@H](C)[C@@H](O[C@H]2C[C@@](C)(OC)[C@@H](O)[C@H](C)O2)[C@H](C)[C@@H](O[C@@H]2O[C@H](C)C[C@H](N(C)CCc3cn([C@@H](CF)[C@H](OC)c4ccc(-c5ccc(S(C)(=O)=O)nc5)cc4)nn3)[C@H]2O)[C@](C)(O)C[C@@H](C)CN(C)[C@H](C)[C@@H](O)[C@]1(C)O. The summed E-state index contributed by atoms with van der Waals surface area (Å²) in [5.41, 5.74) is -1.90. The Hall–Kier alpha value is -3.66. The third-order valence-corrected chi connectivity index (χ3v) is 18.2. The summed E-state index contributed by atoms with van der Waals surface area (Å²) in [7, 11) is 3.21. The minimum absolute atomic E-state index is 0.0269. The van der Waals surface area contributed by atoms with E-state index in [0.717, 1.165) is 11.8 Å². The van der Waals surface area contributed by atoms with Crippen LogP contribution in [0.4, 0.5) is 4.39 Å². The molecule has 5 heterocycles. The number of cyclic esters (lactones) is 1. The molecule has 1 aromatic carbocycles. The van der Waals surface area contributed by atoms with Crippen molar-refractivity contribution >= 4 is 15.8 Å². The maximum atomic E-state index is 15.0. The molecular weight excluding hydrogens is 1060 g/mol. The summed E-state index contributed by atoms with van der Waals surface area (Å²) in [5.74, 6) is -2.94. The van der Waals surface area contributed by atoms with Crippen LogP contribution in [-0.2, 0) is 54.2 Å². The van der Waals surface area contributed by atoms with Gasteiger partial charge in [-0.3, -0.25) is 4.79 Å². The molecule has 0 bridgehead atoms. The number of benzene rings is 1. The normalized spacial score (nSPS) is 37.4. The average molecular weight is 1150 g/mol. The van der Waals surface area contributed by atoms with Crippen molar-refractivity contribution in [3.63, 3.8) is 0 Å². The van der Waals surface area contributed by atoms with Crippen LogP contribution in [0.25, 0.3) is 11.1 Å². The molecule has 452 valence electrons. The van der Waals surface area contributed by atoms with Crippen LogP contribution in [0.2, 0.25) is 0 Å². The van der Waals surface area contributed by atoms with Crippen LogP contribution in [0.5, 0.6) is 0 Å². The fraction of sp³-hybridized carbons (Fsp3) is 0.754. The van der Waals surface area contributed by atoms with Gasteiger partial charge in [0, 0.05) is 82.4 Å².